The summed E-state index contributed by atoms with van der Waals surface area (Å²) in [6, 6.07) is 7.00. The van der Waals surface area contributed by atoms with Crippen LogP contribution in [0.25, 0.3) is 0 Å². The van der Waals surface area contributed by atoms with Gasteiger partial charge in [-0.2, -0.15) is 0 Å². The molecule has 0 spiro atoms. The molecule has 114 valence electrons. The second-order valence-electron chi connectivity index (χ2n) is 6.13. The number of hydrogen-bond donors (Lipinski definition) is 1. The van der Waals surface area contributed by atoms with Crippen LogP contribution in [0.2, 0.25) is 0 Å². The van der Waals surface area contributed by atoms with Crippen molar-refractivity contribution in [3.8, 4) is 0 Å². The van der Waals surface area contributed by atoms with Gasteiger partial charge in [-0.3, -0.25) is 0 Å². The second-order valence-corrected chi connectivity index (χ2v) is 6.13. The van der Waals surface area contributed by atoms with Gasteiger partial charge in [0.15, 0.2) is 0 Å². The summed E-state index contributed by atoms with van der Waals surface area (Å²) in [5.41, 5.74) is 4.03. The predicted molar refractivity (Wildman–Crippen MR) is 87.2 cm³/mol. The minimum Gasteiger partial charge on any atom is -0.376 e. The Labute approximate surface area is 124 Å². The summed E-state index contributed by atoms with van der Waals surface area (Å²) in [7, 11) is 0. The van der Waals surface area contributed by atoms with Crippen LogP contribution in [-0.4, -0.2) is 19.3 Å². The Morgan fingerprint density at radius 3 is 2.35 bits per heavy atom. The van der Waals surface area contributed by atoms with Gasteiger partial charge < -0.3 is 10.1 Å². The van der Waals surface area contributed by atoms with Crippen LogP contribution >= 0.6 is 0 Å². The van der Waals surface area contributed by atoms with E-state index in [9.17, 15) is 0 Å². The molecule has 0 heterocycles. The maximum atomic E-state index is 6.02. The standard InChI is InChI=1S/C18H31NO/c1-7-10-19-18(12-20-16(6)13(2)3)17-9-8-14(4)15(5)11-17/h8-9,11,13,16,18-19H,7,10,12H2,1-6H3. The number of aryl methyl sites for hydroxylation is 2. The minimum absolute atomic E-state index is 0.287. The molecule has 0 aromatic heterocycles. The number of nitrogens with one attached hydrogen (secondary N) is 1. The highest BCUT2D eigenvalue weighted by Gasteiger charge is 2.15. The highest BCUT2D eigenvalue weighted by Crippen LogP contribution is 2.19. The predicted octanol–water partition coefficient (Wildman–Crippen LogP) is 4.41. The molecule has 1 rings (SSSR count). The van der Waals surface area contributed by atoms with Crippen molar-refractivity contribution in [2.75, 3.05) is 13.2 Å². The molecule has 1 N–H and O–H groups in total. The van der Waals surface area contributed by atoms with E-state index in [0.717, 1.165) is 19.6 Å². The molecule has 0 saturated carbocycles. The Kier molecular flexibility index (Phi) is 7.25. The van der Waals surface area contributed by atoms with E-state index in [1.54, 1.807) is 0 Å². The molecule has 2 nitrogen and oxygen atoms in total. The van der Waals surface area contributed by atoms with Gasteiger partial charge in [-0.05, 0) is 56.3 Å². The van der Waals surface area contributed by atoms with Crippen LogP contribution in [0.3, 0.4) is 0 Å². The summed E-state index contributed by atoms with van der Waals surface area (Å²) in [6.07, 6.45) is 1.44. The molecule has 2 heteroatoms. The van der Waals surface area contributed by atoms with Crippen molar-refractivity contribution in [2.24, 2.45) is 5.92 Å². The third kappa shape index (κ3) is 5.26. The van der Waals surface area contributed by atoms with Crippen LogP contribution in [0, 0.1) is 19.8 Å². The normalized spacial score (nSPS) is 14.6. The summed E-state index contributed by atoms with van der Waals surface area (Å²) in [5.74, 6) is 0.557. The van der Waals surface area contributed by atoms with Crippen molar-refractivity contribution in [3.63, 3.8) is 0 Å². The van der Waals surface area contributed by atoms with Gasteiger partial charge in [-0.25, -0.2) is 0 Å². The van der Waals surface area contributed by atoms with Gasteiger partial charge in [0.25, 0.3) is 0 Å². The first-order chi connectivity index (χ1) is 9.45. The van der Waals surface area contributed by atoms with E-state index < -0.39 is 0 Å². The topological polar surface area (TPSA) is 21.3 Å². The van der Waals surface area contributed by atoms with E-state index in [4.69, 9.17) is 4.74 Å². The van der Waals surface area contributed by atoms with Crippen molar-refractivity contribution in [1.82, 2.24) is 5.32 Å². The zero-order valence-electron chi connectivity index (χ0n) is 14.0. The molecule has 1 aromatic carbocycles. The Balaban J connectivity index is 2.74. The first-order valence-corrected chi connectivity index (χ1v) is 7.87. The van der Waals surface area contributed by atoms with Crippen LogP contribution in [0.15, 0.2) is 18.2 Å². The van der Waals surface area contributed by atoms with E-state index in [2.05, 4.69) is 65.1 Å². The van der Waals surface area contributed by atoms with Gasteiger partial charge in [-0.15, -0.1) is 0 Å². The lowest BCUT2D eigenvalue weighted by Crippen LogP contribution is -2.29. The van der Waals surface area contributed by atoms with Crippen LogP contribution in [0.4, 0.5) is 0 Å². The van der Waals surface area contributed by atoms with Crippen molar-refractivity contribution in [2.45, 2.75) is 60.1 Å². The summed E-state index contributed by atoms with van der Waals surface area (Å²) < 4.78 is 6.02. The van der Waals surface area contributed by atoms with Gasteiger partial charge in [0, 0.05) is 0 Å². The number of benzene rings is 1. The molecule has 0 bridgehead atoms. The summed E-state index contributed by atoms with van der Waals surface area (Å²) in [4.78, 5) is 0. The summed E-state index contributed by atoms with van der Waals surface area (Å²) in [6.45, 7) is 14.9. The Hall–Kier alpha value is -0.860. The smallest absolute Gasteiger partial charge is 0.0665 e. The molecule has 0 aliphatic carbocycles. The van der Waals surface area contributed by atoms with Crippen LogP contribution in [-0.2, 0) is 4.74 Å². The van der Waals surface area contributed by atoms with Crippen LogP contribution in [0.1, 0.15) is 56.8 Å². The van der Waals surface area contributed by atoms with Crippen molar-refractivity contribution >= 4 is 0 Å². The van der Waals surface area contributed by atoms with E-state index in [0.29, 0.717) is 12.0 Å². The second kappa shape index (κ2) is 8.43. The average molecular weight is 277 g/mol. The molecule has 0 radical (unpaired) electrons. The van der Waals surface area contributed by atoms with Gasteiger partial charge in [0.1, 0.15) is 0 Å². The Morgan fingerprint density at radius 2 is 1.80 bits per heavy atom. The van der Waals surface area contributed by atoms with Crippen LogP contribution < -0.4 is 5.32 Å². The average Bonchev–Trinajstić information content (AvgIpc) is 2.41. The summed E-state index contributed by atoms with van der Waals surface area (Å²) in [5, 5.41) is 3.60. The van der Waals surface area contributed by atoms with Gasteiger partial charge in [-0.1, -0.05) is 39.0 Å². The molecule has 20 heavy (non-hydrogen) atoms. The zero-order chi connectivity index (χ0) is 15.1. The van der Waals surface area contributed by atoms with Gasteiger partial charge in [0.05, 0.1) is 18.8 Å². The largest absolute Gasteiger partial charge is 0.376 e. The van der Waals surface area contributed by atoms with Crippen molar-refractivity contribution in [3.05, 3.63) is 34.9 Å². The third-order valence-electron chi connectivity index (χ3n) is 4.04. The van der Waals surface area contributed by atoms with E-state index >= 15 is 0 Å². The molecular formula is C18H31NO. The number of hydrogen-bond acceptors (Lipinski definition) is 2. The Bertz CT molecular complexity index is 400. The summed E-state index contributed by atoms with van der Waals surface area (Å²) >= 11 is 0. The SMILES string of the molecule is CCCNC(COC(C)C(C)C)c1ccc(C)c(C)c1. The molecule has 0 fully saturated rings. The van der Waals surface area contributed by atoms with Gasteiger partial charge >= 0.3 is 0 Å². The first kappa shape index (κ1) is 17.2. The molecule has 2 atom stereocenters. The molecule has 0 amide bonds. The lowest BCUT2D eigenvalue weighted by molar-refractivity contribution is 0.0218. The molecule has 0 aliphatic heterocycles. The van der Waals surface area contributed by atoms with Gasteiger partial charge in [0.2, 0.25) is 0 Å². The Morgan fingerprint density at radius 1 is 1.10 bits per heavy atom. The lowest BCUT2D eigenvalue weighted by Gasteiger charge is -2.24. The lowest BCUT2D eigenvalue weighted by atomic mass is 10.0. The van der Waals surface area contributed by atoms with Crippen molar-refractivity contribution in [1.29, 1.82) is 0 Å². The zero-order valence-corrected chi connectivity index (χ0v) is 14.0. The van der Waals surface area contributed by atoms with E-state index in [1.165, 1.54) is 16.7 Å². The maximum Gasteiger partial charge on any atom is 0.0665 e. The van der Waals surface area contributed by atoms with E-state index in [-0.39, 0.29) is 6.04 Å². The molecular weight excluding hydrogens is 246 g/mol. The molecule has 0 saturated heterocycles. The first-order valence-electron chi connectivity index (χ1n) is 7.87. The molecule has 0 aliphatic rings. The fourth-order valence-corrected chi connectivity index (χ4v) is 2.01. The van der Waals surface area contributed by atoms with Crippen molar-refractivity contribution < 1.29 is 4.74 Å². The number of ether oxygens (including phenoxy) is 1. The number of rotatable bonds is 8. The third-order valence-corrected chi connectivity index (χ3v) is 4.04. The molecule has 2 unspecified atom stereocenters. The fourth-order valence-electron chi connectivity index (χ4n) is 2.01. The molecule has 1 aromatic rings. The highest BCUT2D eigenvalue weighted by molar-refractivity contribution is 5.31. The monoisotopic (exact) mass is 277 g/mol. The highest BCUT2D eigenvalue weighted by atomic mass is 16.5. The van der Waals surface area contributed by atoms with Crippen LogP contribution in [0.5, 0.6) is 0 Å². The minimum atomic E-state index is 0.287. The quantitative estimate of drug-likeness (QED) is 0.760. The van der Waals surface area contributed by atoms with E-state index in [1.807, 2.05) is 0 Å². The fraction of sp³-hybridized carbons (Fsp3) is 0.667. The maximum absolute atomic E-state index is 6.02.